The molecule has 5 N–H and O–H groups in total. The lowest BCUT2D eigenvalue weighted by atomic mass is 9.95. The molecule has 0 saturated heterocycles. The number of pyridine rings is 2. The van der Waals surface area contributed by atoms with Gasteiger partial charge in [0.1, 0.15) is 5.75 Å². The van der Waals surface area contributed by atoms with Crippen molar-refractivity contribution < 1.29 is 10.8 Å². The second-order valence-corrected chi connectivity index (χ2v) is 7.67. The van der Waals surface area contributed by atoms with E-state index in [9.17, 15) is 9.90 Å². The van der Waals surface area contributed by atoms with E-state index in [1.807, 2.05) is 48.5 Å². The number of phenols is 1. The lowest BCUT2D eigenvalue weighted by Gasteiger charge is -2.14. The van der Waals surface area contributed by atoms with Crippen LogP contribution in [0.1, 0.15) is 5.56 Å². The zero-order chi connectivity index (χ0) is 22.1. The minimum Gasteiger partial charge on any atom is -0.508 e. The Hall–Kier alpha value is -4.22. The average Bonchev–Trinajstić information content (AvgIpc) is 2.85. The molecule has 5 heteroatoms. The number of rotatable bonds is 4. The topological polar surface area (TPSA) is 93.6 Å². The van der Waals surface area contributed by atoms with Crippen molar-refractivity contribution >= 4 is 10.9 Å². The van der Waals surface area contributed by atoms with Gasteiger partial charge >= 0.3 is 0 Å². The molecule has 0 aliphatic carbocycles. The number of hydrogen-bond acceptors (Lipinski definition) is 3. The van der Waals surface area contributed by atoms with Gasteiger partial charge in [0.15, 0.2) is 0 Å². The molecule has 0 bridgehead atoms. The van der Waals surface area contributed by atoms with Crippen molar-refractivity contribution in [1.82, 2.24) is 9.97 Å². The zero-order valence-electron chi connectivity index (χ0n) is 17.4. The second-order valence-electron chi connectivity index (χ2n) is 7.67. The molecule has 2 heterocycles. The van der Waals surface area contributed by atoms with E-state index in [-0.39, 0.29) is 11.3 Å². The van der Waals surface area contributed by atoms with Gasteiger partial charge in [0.05, 0.1) is 23.1 Å². The molecule has 5 nitrogen and oxygen atoms in total. The van der Waals surface area contributed by atoms with Crippen LogP contribution in [-0.2, 0) is 6.54 Å². The van der Waals surface area contributed by atoms with Crippen LogP contribution in [0.4, 0.5) is 0 Å². The molecule has 0 spiro atoms. The van der Waals surface area contributed by atoms with Gasteiger partial charge in [-0.2, -0.15) is 0 Å². The summed E-state index contributed by atoms with van der Waals surface area (Å²) in [5.74, 6) is 0.188. The van der Waals surface area contributed by atoms with E-state index >= 15 is 0 Å². The summed E-state index contributed by atoms with van der Waals surface area (Å²) in [7, 11) is 0. The SMILES string of the molecule is [NH3+]Cc1ccc(-c2nc3c(-c4ccc(O)cc4)c[nH]c(=O)c3cc2-c2ccccc2)cc1. The number of quaternary nitrogens is 1. The molecule has 0 unspecified atom stereocenters. The number of aromatic hydroxyl groups is 1. The molecule has 32 heavy (non-hydrogen) atoms. The van der Waals surface area contributed by atoms with Crippen molar-refractivity contribution in [2.24, 2.45) is 0 Å². The molecule has 0 aliphatic rings. The summed E-state index contributed by atoms with van der Waals surface area (Å²) in [5.41, 5.74) is 10.9. The highest BCUT2D eigenvalue weighted by molar-refractivity contribution is 5.98. The molecule has 3 aromatic carbocycles. The Kier molecular flexibility index (Phi) is 5.01. The highest BCUT2D eigenvalue weighted by Gasteiger charge is 2.16. The van der Waals surface area contributed by atoms with E-state index in [0.717, 1.165) is 45.6 Å². The highest BCUT2D eigenvalue weighted by Crippen LogP contribution is 2.35. The average molecular weight is 420 g/mol. The number of benzene rings is 3. The summed E-state index contributed by atoms with van der Waals surface area (Å²) < 4.78 is 0. The highest BCUT2D eigenvalue weighted by atomic mass is 16.3. The fourth-order valence-corrected chi connectivity index (χ4v) is 3.92. The molecule has 0 radical (unpaired) electrons. The van der Waals surface area contributed by atoms with E-state index in [1.165, 1.54) is 0 Å². The predicted octanol–water partition coefficient (Wildman–Crippen LogP) is 4.37. The van der Waals surface area contributed by atoms with E-state index < -0.39 is 0 Å². The largest absolute Gasteiger partial charge is 0.508 e. The Morgan fingerprint density at radius 1 is 0.812 bits per heavy atom. The third-order valence-electron chi connectivity index (χ3n) is 5.65. The minimum atomic E-state index is -0.189. The van der Waals surface area contributed by atoms with Gasteiger partial charge in [-0.1, -0.05) is 66.7 Å². The molecule has 5 aromatic rings. The number of fused-ring (bicyclic) bond motifs is 1. The number of hydrogen-bond donors (Lipinski definition) is 3. The summed E-state index contributed by atoms with van der Waals surface area (Å²) in [6.07, 6.45) is 1.68. The maximum absolute atomic E-state index is 12.8. The Bertz CT molecular complexity index is 1460. The summed E-state index contributed by atoms with van der Waals surface area (Å²) in [4.78, 5) is 20.7. The minimum absolute atomic E-state index is 0.188. The quantitative estimate of drug-likeness (QED) is 0.403. The van der Waals surface area contributed by atoms with Gasteiger partial charge in [0, 0.05) is 28.5 Å². The monoisotopic (exact) mass is 420 g/mol. The summed E-state index contributed by atoms with van der Waals surface area (Å²) in [6, 6.07) is 27.0. The number of phenolic OH excluding ortho intramolecular Hbond substituents is 1. The molecule has 5 rings (SSSR count). The van der Waals surface area contributed by atoms with Gasteiger partial charge in [-0.15, -0.1) is 0 Å². The van der Waals surface area contributed by atoms with Crippen LogP contribution in [0, 0.1) is 0 Å². The van der Waals surface area contributed by atoms with Crippen molar-refractivity contribution in [3.63, 3.8) is 0 Å². The number of nitrogens with one attached hydrogen (secondary N) is 1. The fraction of sp³-hybridized carbons (Fsp3) is 0.0370. The zero-order valence-corrected chi connectivity index (χ0v) is 17.4. The maximum Gasteiger partial charge on any atom is 0.257 e. The third kappa shape index (κ3) is 3.55. The lowest BCUT2D eigenvalue weighted by Crippen LogP contribution is -2.47. The molecule has 0 saturated carbocycles. The molecule has 0 aliphatic heterocycles. The fourth-order valence-electron chi connectivity index (χ4n) is 3.92. The third-order valence-corrected chi connectivity index (χ3v) is 5.65. The van der Waals surface area contributed by atoms with E-state index in [0.29, 0.717) is 10.9 Å². The van der Waals surface area contributed by atoms with Crippen LogP contribution in [0.3, 0.4) is 0 Å². The first kappa shape index (κ1) is 19.7. The van der Waals surface area contributed by atoms with Crippen LogP contribution >= 0.6 is 0 Å². The van der Waals surface area contributed by atoms with Crippen LogP contribution < -0.4 is 11.3 Å². The number of aromatic amines is 1. The van der Waals surface area contributed by atoms with Gasteiger partial charge in [-0.3, -0.25) is 4.79 Å². The van der Waals surface area contributed by atoms with Gasteiger partial charge in [-0.25, -0.2) is 4.98 Å². The smallest absolute Gasteiger partial charge is 0.257 e. The van der Waals surface area contributed by atoms with E-state index in [1.54, 1.807) is 18.3 Å². The first-order valence-corrected chi connectivity index (χ1v) is 10.4. The molecule has 0 amide bonds. The van der Waals surface area contributed by atoms with Crippen LogP contribution in [0.5, 0.6) is 5.75 Å². The van der Waals surface area contributed by atoms with E-state index in [4.69, 9.17) is 4.98 Å². The Morgan fingerprint density at radius 3 is 2.16 bits per heavy atom. The van der Waals surface area contributed by atoms with Gasteiger partial charge in [0.25, 0.3) is 5.56 Å². The number of nitrogens with zero attached hydrogens (tertiary/aromatic N) is 1. The van der Waals surface area contributed by atoms with Gasteiger partial charge < -0.3 is 15.8 Å². The Labute approximate surface area is 184 Å². The van der Waals surface area contributed by atoms with Crippen molar-refractivity contribution in [3.05, 3.63) is 107 Å². The first-order chi connectivity index (χ1) is 15.6. The van der Waals surface area contributed by atoms with Crippen LogP contribution in [0.25, 0.3) is 44.4 Å². The Balaban J connectivity index is 1.83. The summed E-state index contributed by atoms with van der Waals surface area (Å²) in [6.45, 7) is 0.720. The van der Waals surface area contributed by atoms with Crippen LogP contribution in [0.15, 0.2) is 95.9 Å². The van der Waals surface area contributed by atoms with Crippen molar-refractivity contribution in [2.75, 3.05) is 0 Å². The number of H-pyrrole nitrogens is 1. The molecule has 156 valence electrons. The summed E-state index contributed by atoms with van der Waals surface area (Å²) in [5, 5.41) is 10.2. The summed E-state index contributed by atoms with van der Waals surface area (Å²) >= 11 is 0. The molecular weight excluding hydrogens is 398 g/mol. The van der Waals surface area contributed by atoms with Crippen molar-refractivity contribution in [3.8, 4) is 39.3 Å². The molecule has 2 aromatic heterocycles. The van der Waals surface area contributed by atoms with Crippen LogP contribution in [-0.4, -0.2) is 15.1 Å². The number of aromatic nitrogens is 2. The Morgan fingerprint density at radius 2 is 1.47 bits per heavy atom. The second kappa shape index (κ2) is 8.13. The van der Waals surface area contributed by atoms with Gasteiger partial charge in [0.2, 0.25) is 0 Å². The van der Waals surface area contributed by atoms with Crippen LogP contribution in [0.2, 0.25) is 0 Å². The predicted molar refractivity (Wildman–Crippen MR) is 127 cm³/mol. The van der Waals surface area contributed by atoms with Crippen molar-refractivity contribution in [2.45, 2.75) is 6.54 Å². The maximum atomic E-state index is 12.8. The van der Waals surface area contributed by atoms with E-state index in [2.05, 4.69) is 35.0 Å². The normalized spacial score (nSPS) is 11.0. The molecule has 0 fully saturated rings. The molecular formula is C27H22N3O2+. The standard InChI is InChI=1S/C27H21N3O2/c28-15-17-6-8-20(9-7-17)25-22(18-4-2-1-3-5-18)14-23-26(30-25)24(16-29-27(23)32)19-10-12-21(31)13-11-19/h1-14,16,31H,15,28H2,(H,29,32)/p+1. The lowest BCUT2D eigenvalue weighted by molar-refractivity contribution is -0.386. The molecule has 0 atom stereocenters. The van der Waals surface area contributed by atoms with Gasteiger partial charge in [-0.05, 0) is 29.3 Å². The van der Waals surface area contributed by atoms with Crippen molar-refractivity contribution in [1.29, 1.82) is 0 Å². The first-order valence-electron chi connectivity index (χ1n) is 10.4.